The fraction of sp³-hybridized carbons (Fsp3) is 0.474. The summed E-state index contributed by atoms with van der Waals surface area (Å²) in [6.07, 6.45) is 4.16. The summed E-state index contributed by atoms with van der Waals surface area (Å²) in [7, 11) is -3.57. The zero-order chi connectivity index (χ0) is 18.3. The fourth-order valence-electron chi connectivity index (χ4n) is 2.96. The molecule has 2 aromatic carbocycles. The molecule has 0 aliphatic carbocycles. The molecule has 4 nitrogen and oxygen atoms in total. The van der Waals surface area contributed by atoms with Gasteiger partial charge < -0.3 is 5.11 Å². The molecule has 0 aliphatic heterocycles. The van der Waals surface area contributed by atoms with Gasteiger partial charge in [0, 0.05) is 35.5 Å². The number of nitrogens with zero attached hydrogens (tertiary/aromatic N) is 1. The van der Waals surface area contributed by atoms with Crippen LogP contribution in [0.15, 0.2) is 41.3 Å². The van der Waals surface area contributed by atoms with Crippen LogP contribution < -0.4 is 0 Å². The molecule has 0 heterocycles. The first kappa shape index (κ1) is 20.2. The van der Waals surface area contributed by atoms with E-state index in [-0.39, 0.29) is 6.61 Å². The third kappa shape index (κ3) is 4.94. The number of aliphatic hydroxyl groups is 1. The van der Waals surface area contributed by atoms with E-state index in [0.29, 0.717) is 28.4 Å². The van der Waals surface area contributed by atoms with Crippen LogP contribution in [0.5, 0.6) is 0 Å². The summed E-state index contributed by atoms with van der Waals surface area (Å²) in [5, 5.41) is 10.8. The van der Waals surface area contributed by atoms with Crippen molar-refractivity contribution in [2.45, 2.75) is 43.9 Å². The maximum absolute atomic E-state index is 13.2. The molecule has 6 heteroatoms. The minimum absolute atomic E-state index is 0.188. The summed E-state index contributed by atoms with van der Waals surface area (Å²) in [6.45, 7) is 3.17. The molecule has 0 atom stereocenters. The van der Waals surface area contributed by atoms with Gasteiger partial charge in [0.1, 0.15) is 0 Å². The Morgan fingerprint density at radius 1 is 0.960 bits per heavy atom. The zero-order valence-corrected chi connectivity index (χ0v) is 16.2. The van der Waals surface area contributed by atoms with Crippen molar-refractivity contribution in [3.8, 4) is 0 Å². The summed E-state index contributed by atoms with van der Waals surface area (Å²) >= 11 is 6.22. The van der Waals surface area contributed by atoms with Gasteiger partial charge in [-0.15, -0.1) is 0 Å². The summed E-state index contributed by atoms with van der Waals surface area (Å²) < 4.78 is 28.0. The molecule has 0 aromatic heterocycles. The van der Waals surface area contributed by atoms with Crippen LogP contribution in [-0.2, 0) is 10.0 Å². The monoisotopic (exact) mass is 383 g/mol. The molecule has 0 saturated heterocycles. The van der Waals surface area contributed by atoms with E-state index < -0.39 is 10.0 Å². The molecule has 0 bridgehead atoms. The van der Waals surface area contributed by atoms with Gasteiger partial charge in [0.2, 0.25) is 10.0 Å². The Morgan fingerprint density at radius 2 is 1.64 bits per heavy atom. The minimum atomic E-state index is -3.57. The van der Waals surface area contributed by atoms with E-state index in [9.17, 15) is 8.42 Å². The third-order valence-electron chi connectivity index (χ3n) is 4.24. The maximum atomic E-state index is 13.2. The number of fused-ring (bicyclic) bond motifs is 1. The zero-order valence-electron chi connectivity index (χ0n) is 14.6. The van der Waals surface area contributed by atoms with Gasteiger partial charge in [-0.25, -0.2) is 8.42 Å². The number of unbranched alkanes of at least 4 members (excludes halogenated alkanes) is 3. The summed E-state index contributed by atoms with van der Waals surface area (Å²) in [4.78, 5) is 0.316. The average Bonchev–Trinajstić information content (AvgIpc) is 2.60. The van der Waals surface area contributed by atoms with Gasteiger partial charge in [-0.05, 0) is 31.4 Å². The minimum Gasteiger partial charge on any atom is -0.396 e. The normalized spacial score (nSPS) is 12.2. The Bertz CT molecular complexity index is 792. The quantitative estimate of drug-likeness (QED) is 0.617. The Balaban J connectivity index is 2.29. The number of hydrogen-bond donors (Lipinski definition) is 1. The summed E-state index contributed by atoms with van der Waals surface area (Å²) in [6, 6.07) is 10.6. The van der Waals surface area contributed by atoms with E-state index in [1.807, 2.05) is 13.0 Å². The molecule has 0 fully saturated rings. The maximum Gasteiger partial charge on any atom is 0.243 e. The second kappa shape index (κ2) is 9.53. The van der Waals surface area contributed by atoms with Gasteiger partial charge in [0.25, 0.3) is 0 Å². The number of halogens is 1. The van der Waals surface area contributed by atoms with E-state index >= 15 is 0 Å². The SMILES string of the molecule is CCCN(CCCCCCO)S(=O)(=O)c1cccc2c(Cl)cccc12. The Kier molecular flexibility index (Phi) is 7.69. The van der Waals surface area contributed by atoms with E-state index in [2.05, 4.69) is 0 Å². The van der Waals surface area contributed by atoms with Crippen molar-refractivity contribution in [1.82, 2.24) is 4.31 Å². The van der Waals surface area contributed by atoms with Gasteiger partial charge in [-0.2, -0.15) is 4.31 Å². The molecular weight excluding hydrogens is 358 g/mol. The highest BCUT2D eigenvalue weighted by Gasteiger charge is 2.25. The highest BCUT2D eigenvalue weighted by Crippen LogP contribution is 2.30. The largest absolute Gasteiger partial charge is 0.396 e. The molecule has 0 aliphatic rings. The summed E-state index contributed by atoms with van der Waals surface area (Å²) in [5.74, 6) is 0. The van der Waals surface area contributed by atoms with Gasteiger partial charge in [-0.1, -0.05) is 55.6 Å². The first-order valence-electron chi connectivity index (χ1n) is 8.80. The predicted octanol–water partition coefficient (Wildman–Crippen LogP) is 4.45. The Morgan fingerprint density at radius 3 is 2.36 bits per heavy atom. The van der Waals surface area contributed by atoms with Crippen LogP contribution in [0, 0.1) is 0 Å². The van der Waals surface area contributed by atoms with Crippen LogP contribution in [-0.4, -0.2) is 37.5 Å². The molecule has 0 radical (unpaired) electrons. The number of sulfonamides is 1. The van der Waals surface area contributed by atoms with Crippen LogP contribution in [0.3, 0.4) is 0 Å². The first-order valence-corrected chi connectivity index (χ1v) is 10.6. The average molecular weight is 384 g/mol. The third-order valence-corrected chi connectivity index (χ3v) is 6.52. The lowest BCUT2D eigenvalue weighted by Gasteiger charge is -2.22. The number of hydrogen-bond acceptors (Lipinski definition) is 3. The van der Waals surface area contributed by atoms with Crippen molar-refractivity contribution in [2.24, 2.45) is 0 Å². The van der Waals surface area contributed by atoms with Gasteiger partial charge in [0.15, 0.2) is 0 Å². The van der Waals surface area contributed by atoms with Crippen LogP contribution in [0.2, 0.25) is 5.02 Å². The van der Waals surface area contributed by atoms with Crippen molar-refractivity contribution in [3.63, 3.8) is 0 Å². The standard InChI is InChI=1S/C19H26ClNO3S/c1-2-13-21(14-5-3-4-6-15-22)25(23,24)19-12-8-9-16-17(19)10-7-11-18(16)20/h7-12,22H,2-6,13-15H2,1H3. The highest BCUT2D eigenvalue weighted by atomic mass is 35.5. The smallest absolute Gasteiger partial charge is 0.243 e. The highest BCUT2D eigenvalue weighted by molar-refractivity contribution is 7.89. The molecule has 0 saturated carbocycles. The van der Waals surface area contributed by atoms with Gasteiger partial charge in [0.05, 0.1) is 4.90 Å². The molecule has 0 spiro atoms. The molecule has 1 N–H and O–H groups in total. The van der Waals surface area contributed by atoms with Crippen LogP contribution in [0.25, 0.3) is 10.8 Å². The van der Waals surface area contributed by atoms with Crippen molar-refractivity contribution in [1.29, 1.82) is 0 Å². The van der Waals surface area contributed by atoms with E-state index in [4.69, 9.17) is 16.7 Å². The predicted molar refractivity (Wildman–Crippen MR) is 104 cm³/mol. The number of aliphatic hydroxyl groups excluding tert-OH is 1. The van der Waals surface area contributed by atoms with Crippen LogP contribution in [0.4, 0.5) is 0 Å². The van der Waals surface area contributed by atoms with E-state index in [1.54, 1.807) is 34.6 Å². The van der Waals surface area contributed by atoms with E-state index in [0.717, 1.165) is 37.5 Å². The second-order valence-electron chi connectivity index (χ2n) is 6.13. The van der Waals surface area contributed by atoms with Crippen molar-refractivity contribution < 1.29 is 13.5 Å². The number of rotatable bonds is 10. The fourth-order valence-corrected chi connectivity index (χ4v) is 4.98. The lowest BCUT2D eigenvalue weighted by Crippen LogP contribution is -2.33. The van der Waals surface area contributed by atoms with Crippen LogP contribution in [0.1, 0.15) is 39.0 Å². The van der Waals surface area contributed by atoms with Crippen LogP contribution >= 0.6 is 11.6 Å². The molecule has 0 unspecified atom stereocenters. The van der Waals surface area contributed by atoms with E-state index in [1.165, 1.54) is 0 Å². The molecule has 2 aromatic rings. The van der Waals surface area contributed by atoms with Crippen molar-refractivity contribution in [2.75, 3.05) is 19.7 Å². The Labute approximate surface area is 155 Å². The molecule has 0 amide bonds. The van der Waals surface area contributed by atoms with Gasteiger partial charge >= 0.3 is 0 Å². The molecule has 25 heavy (non-hydrogen) atoms. The Hall–Kier alpha value is -1.14. The molecular formula is C19H26ClNO3S. The molecule has 2 rings (SSSR count). The van der Waals surface area contributed by atoms with Crippen molar-refractivity contribution >= 4 is 32.4 Å². The second-order valence-corrected chi connectivity index (χ2v) is 8.45. The number of benzene rings is 2. The lowest BCUT2D eigenvalue weighted by molar-refractivity contribution is 0.281. The van der Waals surface area contributed by atoms with Crippen molar-refractivity contribution in [3.05, 3.63) is 41.4 Å². The first-order chi connectivity index (χ1) is 12.0. The van der Waals surface area contributed by atoms with Gasteiger partial charge in [-0.3, -0.25) is 0 Å². The molecule has 138 valence electrons. The lowest BCUT2D eigenvalue weighted by atomic mass is 10.1. The summed E-state index contributed by atoms with van der Waals surface area (Å²) in [5.41, 5.74) is 0. The topological polar surface area (TPSA) is 57.6 Å².